The van der Waals surface area contributed by atoms with Gasteiger partial charge < -0.3 is 4.90 Å². The van der Waals surface area contributed by atoms with E-state index in [1.165, 1.54) is 18.4 Å². The van der Waals surface area contributed by atoms with Crippen LogP contribution in [0.4, 0.5) is 0 Å². The summed E-state index contributed by atoms with van der Waals surface area (Å²) >= 11 is 0. The Morgan fingerprint density at radius 1 is 0.710 bits per heavy atom. The van der Waals surface area contributed by atoms with E-state index in [4.69, 9.17) is 0 Å². The van der Waals surface area contributed by atoms with Crippen LogP contribution >= 0.6 is 0 Å². The zero-order chi connectivity index (χ0) is 22.3. The third-order valence-electron chi connectivity index (χ3n) is 5.11. The SMILES string of the molecule is CN(C)S(=O)(=O)c1ccc(CCC(=O)N(Cc2ccccc2)Cc2ccccc2)cc1. The summed E-state index contributed by atoms with van der Waals surface area (Å²) in [5, 5.41) is 0. The Labute approximate surface area is 185 Å². The van der Waals surface area contributed by atoms with Gasteiger partial charge in [0, 0.05) is 33.6 Å². The predicted octanol–water partition coefficient (Wildman–Crippen LogP) is 4.10. The van der Waals surface area contributed by atoms with Crippen molar-refractivity contribution in [3.05, 3.63) is 102 Å². The van der Waals surface area contributed by atoms with E-state index in [0.29, 0.717) is 25.9 Å². The summed E-state index contributed by atoms with van der Waals surface area (Å²) in [7, 11) is -0.430. The fourth-order valence-corrected chi connectivity index (χ4v) is 4.19. The molecule has 0 bridgehead atoms. The molecule has 5 nitrogen and oxygen atoms in total. The Kier molecular flexibility index (Phi) is 7.60. The second-order valence-corrected chi connectivity index (χ2v) is 9.80. The van der Waals surface area contributed by atoms with E-state index in [1.807, 2.05) is 65.6 Å². The van der Waals surface area contributed by atoms with E-state index in [9.17, 15) is 13.2 Å². The van der Waals surface area contributed by atoms with Gasteiger partial charge in [-0.25, -0.2) is 12.7 Å². The second-order valence-electron chi connectivity index (χ2n) is 7.65. The van der Waals surface area contributed by atoms with Crippen molar-refractivity contribution in [1.29, 1.82) is 0 Å². The van der Waals surface area contributed by atoms with E-state index in [0.717, 1.165) is 16.7 Å². The molecule has 3 aromatic carbocycles. The molecule has 0 aromatic heterocycles. The highest BCUT2D eigenvalue weighted by Crippen LogP contribution is 2.16. The molecule has 0 N–H and O–H groups in total. The van der Waals surface area contributed by atoms with Crippen molar-refractivity contribution in [2.45, 2.75) is 30.8 Å². The van der Waals surface area contributed by atoms with E-state index in [-0.39, 0.29) is 10.8 Å². The number of benzene rings is 3. The van der Waals surface area contributed by atoms with Crippen molar-refractivity contribution >= 4 is 15.9 Å². The third-order valence-corrected chi connectivity index (χ3v) is 6.94. The van der Waals surface area contributed by atoms with Gasteiger partial charge in [0.15, 0.2) is 0 Å². The molecule has 0 heterocycles. The van der Waals surface area contributed by atoms with Crippen molar-refractivity contribution < 1.29 is 13.2 Å². The molecule has 6 heteroatoms. The smallest absolute Gasteiger partial charge is 0.242 e. The zero-order valence-electron chi connectivity index (χ0n) is 17.9. The maximum atomic E-state index is 13.1. The van der Waals surface area contributed by atoms with Gasteiger partial charge in [0.1, 0.15) is 0 Å². The summed E-state index contributed by atoms with van der Waals surface area (Å²) < 4.78 is 25.6. The number of sulfonamides is 1. The molecule has 0 radical (unpaired) electrons. The van der Waals surface area contributed by atoms with Crippen molar-refractivity contribution in [3.63, 3.8) is 0 Å². The summed E-state index contributed by atoms with van der Waals surface area (Å²) in [6.45, 7) is 1.10. The summed E-state index contributed by atoms with van der Waals surface area (Å²) in [6, 6.07) is 26.7. The monoisotopic (exact) mass is 436 g/mol. The lowest BCUT2D eigenvalue weighted by Crippen LogP contribution is -2.30. The molecule has 0 aliphatic carbocycles. The molecule has 162 valence electrons. The van der Waals surface area contributed by atoms with E-state index in [2.05, 4.69) is 0 Å². The predicted molar refractivity (Wildman–Crippen MR) is 123 cm³/mol. The first-order chi connectivity index (χ1) is 14.9. The van der Waals surface area contributed by atoms with Gasteiger partial charge in [0.05, 0.1) is 4.90 Å². The molecule has 0 saturated heterocycles. The number of rotatable bonds is 9. The lowest BCUT2D eigenvalue weighted by atomic mass is 10.1. The van der Waals surface area contributed by atoms with Gasteiger partial charge in [0.2, 0.25) is 15.9 Å². The highest BCUT2D eigenvalue weighted by Gasteiger charge is 2.18. The lowest BCUT2D eigenvalue weighted by Gasteiger charge is -2.23. The minimum absolute atomic E-state index is 0.0673. The van der Waals surface area contributed by atoms with Crippen LogP contribution in [0, 0.1) is 0 Å². The third kappa shape index (κ3) is 6.26. The molecule has 0 fully saturated rings. The van der Waals surface area contributed by atoms with E-state index < -0.39 is 10.0 Å². The van der Waals surface area contributed by atoms with Gasteiger partial charge in [-0.2, -0.15) is 0 Å². The Hall–Kier alpha value is -2.96. The molecule has 0 spiro atoms. The van der Waals surface area contributed by atoms with Gasteiger partial charge in [0.25, 0.3) is 0 Å². The molecule has 31 heavy (non-hydrogen) atoms. The van der Waals surface area contributed by atoms with Crippen molar-refractivity contribution in [2.75, 3.05) is 14.1 Å². The first-order valence-electron chi connectivity index (χ1n) is 10.2. The number of carbonyl (C=O) groups is 1. The number of aryl methyl sites for hydroxylation is 1. The van der Waals surface area contributed by atoms with Crippen LogP contribution in [-0.2, 0) is 34.3 Å². The fraction of sp³-hybridized carbons (Fsp3) is 0.240. The maximum absolute atomic E-state index is 13.1. The number of hydrogen-bond acceptors (Lipinski definition) is 3. The van der Waals surface area contributed by atoms with Crippen LogP contribution in [0.3, 0.4) is 0 Å². The average molecular weight is 437 g/mol. The van der Waals surface area contributed by atoms with Gasteiger partial charge in [-0.15, -0.1) is 0 Å². The van der Waals surface area contributed by atoms with Crippen LogP contribution < -0.4 is 0 Å². The van der Waals surface area contributed by atoms with Crippen molar-refractivity contribution in [3.8, 4) is 0 Å². The van der Waals surface area contributed by atoms with Crippen LogP contribution in [0.25, 0.3) is 0 Å². The number of amides is 1. The standard InChI is InChI=1S/C25H28N2O3S/c1-26(2)31(29,30)24-16-13-21(14-17-24)15-18-25(28)27(19-22-9-5-3-6-10-22)20-23-11-7-4-8-12-23/h3-14,16-17H,15,18-20H2,1-2H3. The van der Waals surface area contributed by atoms with Crippen LogP contribution in [0.15, 0.2) is 89.8 Å². The summed E-state index contributed by atoms with van der Waals surface area (Å²) in [6.07, 6.45) is 0.917. The van der Waals surface area contributed by atoms with E-state index >= 15 is 0 Å². The van der Waals surface area contributed by atoms with Gasteiger partial charge in [-0.3, -0.25) is 4.79 Å². The first kappa shape index (κ1) is 22.7. The highest BCUT2D eigenvalue weighted by atomic mass is 32.2. The highest BCUT2D eigenvalue weighted by molar-refractivity contribution is 7.89. The van der Waals surface area contributed by atoms with Crippen molar-refractivity contribution in [2.24, 2.45) is 0 Å². The molecular weight excluding hydrogens is 408 g/mol. The van der Waals surface area contributed by atoms with Gasteiger partial charge in [-0.05, 0) is 35.2 Å². The zero-order valence-corrected chi connectivity index (χ0v) is 18.8. The van der Waals surface area contributed by atoms with Crippen LogP contribution in [0.1, 0.15) is 23.1 Å². The molecule has 0 aliphatic heterocycles. The quantitative estimate of drug-likeness (QED) is 0.507. The van der Waals surface area contributed by atoms with Gasteiger partial charge >= 0.3 is 0 Å². The maximum Gasteiger partial charge on any atom is 0.242 e. The normalized spacial score (nSPS) is 11.5. The minimum atomic E-state index is -3.45. The van der Waals surface area contributed by atoms with Crippen LogP contribution in [0.2, 0.25) is 0 Å². The first-order valence-corrected chi connectivity index (χ1v) is 11.7. The van der Waals surface area contributed by atoms with E-state index in [1.54, 1.807) is 24.3 Å². The molecule has 0 aliphatic rings. The summed E-state index contributed by atoms with van der Waals surface area (Å²) in [4.78, 5) is 15.2. The molecule has 3 rings (SSSR count). The molecule has 0 atom stereocenters. The lowest BCUT2D eigenvalue weighted by molar-refractivity contribution is -0.132. The second kappa shape index (κ2) is 10.4. The molecule has 1 amide bonds. The van der Waals surface area contributed by atoms with Crippen LogP contribution in [0.5, 0.6) is 0 Å². The van der Waals surface area contributed by atoms with Crippen LogP contribution in [-0.4, -0.2) is 37.6 Å². The minimum Gasteiger partial charge on any atom is -0.334 e. The largest absolute Gasteiger partial charge is 0.334 e. The molecular formula is C25H28N2O3S. The van der Waals surface area contributed by atoms with Gasteiger partial charge in [-0.1, -0.05) is 72.8 Å². The fourth-order valence-electron chi connectivity index (χ4n) is 3.29. The molecule has 0 unspecified atom stereocenters. The Morgan fingerprint density at radius 3 is 1.65 bits per heavy atom. The summed E-state index contributed by atoms with van der Waals surface area (Å²) in [5.41, 5.74) is 3.11. The molecule has 3 aromatic rings. The number of carbonyl (C=O) groups excluding carboxylic acids is 1. The summed E-state index contributed by atoms with van der Waals surface area (Å²) in [5.74, 6) is 0.0673. The Morgan fingerprint density at radius 2 is 1.19 bits per heavy atom. The van der Waals surface area contributed by atoms with Crippen molar-refractivity contribution in [1.82, 2.24) is 9.21 Å². The Bertz CT molecular complexity index is 1040. The topological polar surface area (TPSA) is 57.7 Å². The number of hydrogen-bond donors (Lipinski definition) is 0. The Balaban J connectivity index is 1.68. The number of nitrogens with zero attached hydrogens (tertiary/aromatic N) is 2. The molecule has 0 saturated carbocycles. The average Bonchev–Trinajstić information content (AvgIpc) is 2.78.